The number of rotatable bonds is 4. The standard InChI is InChI=1S/C7H12N2O2/c1-6-5-7(11-9-6)10-4-2-3-8/h5H,2-4,8H2,1H3. The minimum Gasteiger partial charge on any atom is -0.464 e. The summed E-state index contributed by atoms with van der Waals surface area (Å²) in [5, 5.41) is 3.66. The Labute approximate surface area is 65.3 Å². The second-order valence-electron chi connectivity index (χ2n) is 2.28. The van der Waals surface area contributed by atoms with Gasteiger partial charge in [0.2, 0.25) is 0 Å². The summed E-state index contributed by atoms with van der Waals surface area (Å²) in [5.41, 5.74) is 6.10. The van der Waals surface area contributed by atoms with Gasteiger partial charge in [0.15, 0.2) is 0 Å². The van der Waals surface area contributed by atoms with E-state index >= 15 is 0 Å². The van der Waals surface area contributed by atoms with Gasteiger partial charge in [-0.1, -0.05) is 5.16 Å². The van der Waals surface area contributed by atoms with Crippen molar-refractivity contribution in [1.82, 2.24) is 5.16 Å². The number of aromatic nitrogens is 1. The normalized spacial score (nSPS) is 10.0. The first kappa shape index (κ1) is 8.07. The molecule has 0 bridgehead atoms. The van der Waals surface area contributed by atoms with Crippen LogP contribution in [0.3, 0.4) is 0 Å². The van der Waals surface area contributed by atoms with Gasteiger partial charge in [-0.05, 0) is 19.9 Å². The highest BCUT2D eigenvalue weighted by Crippen LogP contribution is 2.10. The second-order valence-corrected chi connectivity index (χ2v) is 2.28. The predicted molar refractivity (Wildman–Crippen MR) is 40.4 cm³/mol. The summed E-state index contributed by atoms with van der Waals surface area (Å²) in [6.07, 6.45) is 0.833. The molecule has 0 fully saturated rings. The quantitative estimate of drug-likeness (QED) is 0.652. The molecule has 0 radical (unpaired) electrons. The van der Waals surface area contributed by atoms with Gasteiger partial charge < -0.3 is 15.0 Å². The molecule has 11 heavy (non-hydrogen) atoms. The van der Waals surface area contributed by atoms with Crippen molar-refractivity contribution in [1.29, 1.82) is 0 Å². The number of ether oxygens (including phenoxy) is 1. The van der Waals surface area contributed by atoms with Crippen LogP contribution in [0.1, 0.15) is 12.1 Å². The Morgan fingerprint density at radius 3 is 3.09 bits per heavy atom. The molecule has 0 unspecified atom stereocenters. The van der Waals surface area contributed by atoms with Crippen molar-refractivity contribution in [2.75, 3.05) is 13.2 Å². The van der Waals surface area contributed by atoms with E-state index in [9.17, 15) is 0 Å². The van der Waals surface area contributed by atoms with Crippen molar-refractivity contribution in [2.24, 2.45) is 5.73 Å². The highest BCUT2D eigenvalue weighted by atomic mass is 16.6. The summed E-state index contributed by atoms with van der Waals surface area (Å²) in [6, 6.07) is 1.75. The van der Waals surface area contributed by atoms with E-state index in [1.165, 1.54) is 0 Å². The average Bonchev–Trinajstić information content (AvgIpc) is 2.37. The van der Waals surface area contributed by atoms with Gasteiger partial charge in [-0.3, -0.25) is 0 Å². The van der Waals surface area contributed by atoms with E-state index in [1.807, 2.05) is 6.92 Å². The molecule has 0 spiro atoms. The van der Waals surface area contributed by atoms with Gasteiger partial charge >= 0.3 is 5.95 Å². The van der Waals surface area contributed by atoms with Crippen LogP contribution < -0.4 is 10.5 Å². The molecule has 0 atom stereocenters. The predicted octanol–water partition coefficient (Wildman–Crippen LogP) is 0.711. The maximum Gasteiger partial charge on any atom is 0.311 e. The molecule has 1 aromatic rings. The molecule has 1 aromatic heterocycles. The maximum atomic E-state index is 5.27. The van der Waals surface area contributed by atoms with E-state index in [1.54, 1.807) is 6.07 Å². The first-order valence-corrected chi connectivity index (χ1v) is 3.59. The van der Waals surface area contributed by atoms with E-state index in [0.717, 1.165) is 12.1 Å². The van der Waals surface area contributed by atoms with Crippen LogP contribution in [0.2, 0.25) is 0 Å². The zero-order valence-electron chi connectivity index (χ0n) is 6.54. The molecule has 4 nitrogen and oxygen atoms in total. The molecule has 0 aliphatic rings. The Balaban J connectivity index is 2.27. The number of nitrogens with two attached hydrogens (primary N) is 1. The van der Waals surface area contributed by atoms with Crippen molar-refractivity contribution in [2.45, 2.75) is 13.3 Å². The summed E-state index contributed by atoms with van der Waals surface area (Å²) in [6.45, 7) is 3.07. The molecule has 0 saturated carbocycles. The van der Waals surface area contributed by atoms with Crippen LogP contribution in [0.5, 0.6) is 5.95 Å². The third kappa shape index (κ3) is 2.59. The highest BCUT2D eigenvalue weighted by Gasteiger charge is 1.98. The monoisotopic (exact) mass is 156 g/mol. The van der Waals surface area contributed by atoms with Crippen molar-refractivity contribution in [3.05, 3.63) is 11.8 Å². The Hall–Kier alpha value is -1.03. The smallest absolute Gasteiger partial charge is 0.311 e. The van der Waals surface area contributed by atoms with Gasteiger partial charge in [0.25, 0.3) is 0 Å². The molecule has 1 heterocycles. The Morgan fingerprint density at radius 1 is 1.73 bits per heavy atom. The van der Waals surface area contributed by atoms with Crippen molar-refractivity contribution in [3.63, 3.8) is 0 Å². The fraction of sp³-hybridized carbons (Fsp3) is 0.571. The summed E-state index contributed by atoms with van der Waals surface area (Å²) in [5.74, 6) is 0.468. The highest BCUT2D eigenvalue weighted by molar-refractivity contribution is 5.07. The fourth-order valence-electron chi connectivity index (χ4n) is 0.664. The van der Waals surface area contributed by atoms with E-state index < -0.39 is 0 Å². The lowest BCUT2D eigenvalue weighted by atomic mass is 10.4. The molecule has 62 valence electrons. The zero-order valence-corrected chi connectivity index (χ0v) is 6.54. The lowest BCUT2D eigenvalue weighted by molar-refractivity contribution is 0.212. The third-order valence-electron chi connectivity index (χ3n) is 1.20. The molecule has 1 rings (SSSR count). The molecule has 0 aliphatic heterocycles. The molecule has 0 aliphatic carbocycles. The minimum atomic E-state index is 0.468. The van der Waals surface area contributed by atoms with Crippen LogP contribution in [0.15, 0.2) is 10.6 Å². The Bertz CT molecular complexity index is 210. The maximum absolute atomic E-state index is 5.27. The lowest BCUT2D eigenvalue weighted by Gasteiger charge is -1.97. The van der Waals surface area contributed by atoms with E-state index in [2.05, 4.69) is 5.16 Å². The zero-order chi connectivity index (χ0) is 8.10. The Morgan fingerprint density at radius 2 is 2.55 bits per heavy atom. The van der Waals surface area contributed by atoms with Gasteiger partial charge in [0.1, 0.15) is 0 Å². The summed E-state index contributed by atoms with van der Waals surface area (Å²) in [4.78, 5) is 0. The number of hydrogen-bond acceptors (Lipinski definition) is 4. The first-order chi connectivity index (χ1) is 5.33. The van der Waals surface area contributed by atoms with Crippen LogP contribution in [0.4, 0.5) is 0 Å². The third-order valence-corrected chi connectivity index (χ3v) is 1.20. The van der Waals surface area contributed by atoms with Crippen LogP contribution in [0, 0.1) is 6.92 Å². The van der Waals surface area contributed by atoms with Gasteiger partial charge in [-0.2, -0.15) is 0 Å². The number of nitrogens with zero attached hydrogens (tertiary/aromatic N) is 1. The second kappa shape index (κ2) is 3.98. The SMILES string of the molecule is Cc1cc(OCCCN)on1. The van der Waals surface area contributed by atoms with Crippen molar-refractivity contribution < 1.29 is 9.26 Å². The van der Waals surface area contributed by atoms with E-state index in [4.69, 9.17) is 15.0 Å². The molecular weight excluding hydrogens is 144 g/mol. The fourth-order valence-corrected chi connectivity index (χ4v) is 0.664. The molecule has 2 N–H and O–H groups in total. The lowest BCUT2D eigenvalue weighted by Crippen LogP contribution is -2.05. The summed E-state index contributed by atoms with van der Waals surface area (Å²) in [7, 11) is 0. The molecule has 0 aromatic carbocycles. The van der Waals surface area contributed by atoms with Gasteiger partial charge in [-0.15, -0.1) is 0 Å². The van der Waals surface area contributed by atoms with E-state index in [0.29, 0.717) is 19.1 Å². The topological polar surface area (TPSA) is 61.3 Å². The van der Waals surface area contributed by atoms with Gasteiger partial charge in [-0.25, -0.2) is 0 Å². The number of hydrogen-bond donors (Lipinski definition) is 1. The summed E-state index contributed by atoms with van der Waals surface area (Å²) >= 11 is 0. The van der Waals surface area contributed by atoms with Crippen molar-refractivity contribution in [3.8, 4) is 5.95 Å². The molecule has 0 saturated heterocycles. The molecular formula is C7H12N2O2. The molecule has 0 amide bonds. The first-order valence-electron chi connectivity index (χ1n) is 3.59. The van der Waals surface area contributed by atoms with E-state index in [-0.39, 0.29) is 0 Å². The van der Waals surface area contributed by atoms with Crippen LogP contribution in [-0.4, -0.2) is 18.3 Å². The van der Waals surface area contributed by atoms with Crippen LogP contribution in [-0.2, 0) is 0 Å². The van der Waals surface area contributed by atoms with Gasteiger partial charge in [0.05, 0.1) is 12.3 Å². The summed E-state index contributed by atoms with van der Waals surface area (Å²) < 4.78 is 9.96. The minimum absolute atomic E-state index is 0.468. The largest absolute Gasteiger partial charge is 0.464 e. The van der Waals surface area contributed by atoms with Crippen LogP contribution in [0.25, 0.3) is 0 Å². The Kier molecular flexibility index (Phi) is 2.92. The average molecular weight is 156 g/mol. The van der Waals surface area contributed by atoms with Gasteiger partial charge in [0, 0.05) is 6.07 Å². The van der Waals surface area contributed by atoms with Crippen LogP contribution >= 0.6 is 0 Å². The number of aryl methyl sites for hydroxylation is 1. The molecule has 4 heteroatoms. The van der Waals surface area contributed by atoms with Crippen molar-refractivity contribution >= 4 is 0 Å².